The fourth-order valence-electron chi connectivity index (χ4n) is 5.83. The van der Waals surface area contributed by atoms with Crippen LogP contribution in [0, 0.1) is 25.7 Å². The number of rotatable bonds is 4. The molecular formula is C24H43N5O5. The van der Waals surface area contributed by atoms with Gasteiger partial charge < -0.3 is 20.2 Å². The molecule has 2 aliphatic heterocycles. The molecule has 0 amide bonds. The minimum atomic E-state index is -0.250. The minimum Gasteiger partial charge on any atom is -0.483 e. The van der Waals surface area contributed by atoms with Crippen molar-refractivity contribution in [1.29, 1.82) is 0 Å². The second-order valence-corrected chi connectivity index (χ2v) is 10.1. The van der Waals surface area contributed by atoms with Crippen molar-refractivity contribution in [2.75, 3.05) is 46.3 Å². The number of fused-ring (bicyclic) bond motifs is 1. The Morgan fingerprint density at radius 1 is 1.00 bits per heavy atom. The Hall–Kier alpha value is -2.01. The van der Waals surface area contributed by atoms with Crippen molar-refractivity contribution in [3.05, 3.63) is 17.0 Å². The highest BCUT2D eigenvalue weighted by atomic mass is 16.3. The number of hydrogen-bond acceptors (Lipinski definition) is 7. The lowest BCUT2D eigenvalue weighted by atomic mass is 9.77. The van der Waals surface area contributed by atoms with E-state index in [1.807, 2.05) is 0 Å². The lowest BCUT2D eigenvalue weighted by Gasteiger charge is -2.44. The summed E-state index contributed by atoms with van der Waals surface area (Å²) in [5.41, 5.74) is 3.90. The average Bonchev–Trinajstić information content (AvgIpc) is 3.30. The van der Waals surface area contributed by atoms with E-state index in [-0.39, 0.29) is 19.0 Å². The van der Waals surface area contributed by atoms with E-state index in [0.717, 1.165) is 58.0 Å². The molecule has 3 heterocycles. The van der Waals surface area contributed by atoms with Crippen LogP contribution >= 0.6 is 0 Å². The first kappa shape index (κ1) is 28.2. The smallest absolute Gasteiger partial charge is 0.290 e. The van der Waals surface area contributed by atoms with Crippen molar-refractivity contribution >= 4 is 12.9 Å². The molecule has 34 heavy (non-hydrogen) atoms. The highest BCUT2D eigenvalue weighted by Gasteiger charge is 2.43. The van der Waals surface area contributed by atoms with Gasteiger partial charge in [0.15, 0.2) is 0 Å². The van der Waals surface area contributed by atoms with Gasteiger partial charge in [-0.3, -0.25) is 24.1 Å². The number of likely N-dealkylation sites (tertiary alicyclic amines) is 1. The van der Waals surface area contributed by atoms with Crippen LogP contribution in [0.3, 0.4) is 0 Å². The molecular weight excluding hydrogens is 438 g/mol. The number of aliphatic hydroxyl groups is 1. The number of aliphatic hydroxyl groups excluding tert-OH is 1. The topological polar surface area (TPSA) is 122 Å². The van der Waals surface area contributed by atoms with Gasteiger partial charge in [-0.15, -0.1) is 0 Å². The second kappa shape index (κ2) is 13.2. The van der Waals surface area contributed by atoms with Crippen LogP contribution in [0.5, 0.6) is 0 Å². The van der Waals surface area contributed by atoms with Crippen molar-refractivity contribution in [2.45, 2.75) is 65.3 Å². The zero-order chi connectivity index (χ0) is 25.4. The summed E-state index contributed by atoms with van der Waals surface area (Å²) in [6.45, 7) is 16.0. The molecule has 1 aliphatic carbocycles. The van der Waals surface area contributed by atoms with Crippen LogP contribution in [-0.2, 0) is 16.1 Å². The van der Waals surface area contributed by atoms with Gasteiger partial charge in [0.25, 0.3) is 12.9 Å². The van der Waals surface area contributed by atoms with Crippen LogP contribution in [0.25, 0.3) is 0 Å². The van der Waals surface area contributed by atoms with Gasteiger partial charge in [-0.1, -0.05) is 0 Å². The molecule has 3 N–H and O–H groups in total. The van der Waals surface area contributed by atoms with E-state index in [1.165, 1.54) is 23.5 Å². The van der Waals surface area contributed by atoms with E-state index in [9.17, 15) is 5.11 Å². The molecule has 10 nitrogen and oxygen atoms in total. The molecule has 3 fully saturated rings. The number of aromatic nitrogens is 2. The molecule has 2 saturated heterocycles. The molecule has 194 valence electrons. The molecule has 0 unspecified atom stereocenters. The van der Waals surface area contributed by atoms with Gasteiger partial charge in [0, 0.05) is 69.2 Å². The summed E-state index contributed by atoms with van der Waals surface area (Å²) in [6, 6.07) is 0.773. The Bertz CT molecular complexity index is 772. The third-order valence-electron chi connectivity index (χ3n) is 7.54. The van der Waals surface area contributed by atoms with Gasteiger partial charge in [0.05, 0.1) is 11.8 Å². The maximum atomic E-state index is 10.9. The number of hydrogen-bond donors (Lipinski definition) is 3. The average molecular weight is 482 g/mol. The van der Waals surface area contributed by atoms with E-state index in [0.29, 0.717) is 18.0 Å². The first-order valence-corrected chi connectivity index (χ1v) is 12.2. The molecule has 0 radical (unpaired) electrons. The summed E-state index contributed by atoms with van der Waals surface area (Å²) in [5.74, 6) is 1.38. The van der Waals surface area contributed by atoms with Crippen LogP contribution in [-0.4, -0.2) is 111 Å². The summed E-state index contributed by atoms with van der Waals surface area (Å²) in [7, 11) is 2.20. The summed E-state index contributed by atoms with van der Waals surface area (Å²) in [4.78, 5) is 24.3. The lowest BCUT2D eigenvalue weighted by molar-refractivity contribution is -0.123. The van der Waals surface area contributed by atoms with Gasteiger partial charge >= 0.3 is 0 Å². The summed E-state index contributed by atoms with van der Waals surface area (Å²) < 4.78 is 2.17. The van der Waals surface area contributed by atoms with Crippen molar-refractivity contribution < 1.29 is 24.9 Å². The van der Waals surface area contributed by atoms with Crippen molar-refractivity contribution in [3.8, 4) is 0 Å². The van der Waals surface area contributed by atoms with Crippen LogP contribution in [0.1, 0.15) is 49.7 Å². The lowest BCUT2D eigenvalue weighted by Crippen LogP contribution is -2.55. The molecule has 4 atom stereocenters. The van der Waals surface area contributed by atoms with E-state index in [1.54, 1.807) is 0 Å². The van der Waals surface area contributed by atoms with Crippen molar-refractivity contribution in [2.24, 2.45) is 11.8 Å². The Morgan fingerprint density at radius 3 is 2.03 bits per heavy atom. The Kier molecular flexibility index (Phi) is 10.9. The van der Waals surface area contributed by atoms with Gasteiger partial charge in [0.1, 0.15) is 0 Å². The fraction of sp³-hybridized carbons (Fsp3) is 0.792. The molecule has 10 heteroatoms. The highest BCUT2D eigenvalue weighted by Crippen LogP contribution is 2.39. The molecule has 1 aromatic rings. The van der Waals surface area contributed by atoms with Gasteiger partial charge in [-0.2, -0.15) is 5.10 Å². The maximum Gasteiger partial charge on any atom is 0.290 e. The van der Waals surface area contributed by atoms with Crippen molar-refractivity contribution in [3.63, 3.8) is 0 Å². The third kappa shape index (κ3) is 7.00. The third-order valence-corrected chi connectivity index (χ3v) is 7.54. The number of carbonyl (C=O) groups is 2. The number of likely N-dealkylation sites (N-methyl/N-ethyl adjacent to an activating group) is 1. The van der Waals surface area contributed by atoms with Crippen LogP contribution in [0.15, 0.2) is 0 Å². The second-order valence-electron chi connectivity index (χ2n) is 10.1. The molecule has 0 aromatic carbocycles. The number of carboxylic acid groups (broad SMARTS) is 2. The largest absolute Gasteiger partial charge is 0.483 e. The van der Waals surface area contributed by atoms with Gasteiger partial charge in [-0.25, -0.2) is 0 Å². The molecule has 0 spiro atoms. The van der Waals surface area contributed by atoms with Crippen LogP contribution in [0.2, 0.25) is 0 Å². The van der Waals surface area contributed by atoms with E-state index < -0.39 is 0 Å². The molecule has 1 aromatic heterocycles. The zero-order valence-electron chi connectivity index (χ0n) is 21.3. The summed E-state index contributed by atoms with van der Waals surface area (Å²) in [5, 5.41) is 29.4. The zero-order valence-corrected chi connectivity index (χ0v) is 21.3. The minimum absolute atomic E-state index is 0.156. The predicted molar refractivity (Wildman–Crippen MR) is 130 cm³/mol. The fourth-order valence-corrected chi connectivity index (χ4v) is 5.83. The SMILES string of the molecule is Cc1nn(C(C)C)c(C)c1CN1C[C@H]2C[C@@H](N3CCN(C)CC3)[C@H](O)C[C@H]2C1.O=CO.O=CO. The first-order chi connectivity index (χ1) is 16.2. The quantitative estimate of drug-likeness (QED) is 0.546. The Balaban J connectivity index is 0.000000618. The molecule has 3 aliphatic rings. The Morgan fingerprint density at radius 2 is 1.53 bits per heavy atom. The van der Waals surface area contributed by atoms with Gasteiger partial charge in [-0.05, 0) is 59.4 Å². The maximum absolute atomic E-state index is 10.9. The molecule has 1 saturated carbocycles. The Labute approximate surface area is 203 Å². The number of nitrogens with zero attached hydrogens (tertiary/aromatic N) is 5. The summed E-state index contributed by atoms with van der Waals surface area (Å²) >= 11 is 0. The van der Waals surface area contributed by atoms with Gasteiger partial charge in [0.2, 0.25) is 0 Å². The van der Waals surface area contributed by atoms with E-state index >= 15 is 0 Å². The standard InChI is InChI=1S/C22H39N5O.2CH2O2/c1-15(2)27-17(4)20(16(3)23-27)14-25-12-18-10-21(22(28)11-19(18)13-25)26-8-6-24(5)7-9-26;2*2-1-3/h15,18-19,21-22,28H,6-14H2,1-5H3;2*1H,(H,2,3)/t18-,19+,21-,22-;;/m1../s1. The number of aryl methyl sites for hydroxylation is 1. The molecule has 0 bridgehead atoms. The van der Waals surface area contributed by atoms with E-state index in [2.05, 4.69) is 54.1 Å². The van der Waals surface area contributed by atoms with Crippen LogP contribution in [0.4, 0.5) is 0 Å². The monoisotopic (exact) mass is 481 g/mol. The number of piperazine rings is 1. The predicted octanol–water partition coefficient (Wildman–Crippen LogP) is 1.30. The molecule has 4 rings (SSSR count). The summed E-state index contributed by atoms with van der Waals surface area (Å²) in [6.07, 6.45) is 1.98. The van der Waals surface area contributed by atoms with Crippen LogP contribution < -0.4 is 0 Å². The normalized spacial score (nSPS) is 27.9. The highest BCUT2D eigenvalue weighted by molar-refractivity contribution is 5.33. The first-order valence-electron chi connectivity index (χ1n) is 12.2. The van der Waals surface area contributed by atoms with Crippen molar-refractivity contribution in [1.82, 2.24) is 24.5 Å². The van der Waals surface area contributed by atoms with E-state index in [4.69, 9.17) is 24.9 Å².